The van der Waals surface area contributed by atoms with Crippen LogP contribution < -0.4 is 0 Å². The molecule has 0 unspecified atom stereocenters. The van der Waals surface area contributed by atoms with Crippen molar-refractivity contribution in [3.8, 4) is 27.9 Å². The van der Waals surface area contributed by atoms with Crippen molar-refractivity contribution in [2.45, 2.75) is 26.2 Å². The van der Waals surface area contributed by atoms with Crippen LogP contribution >= 0.6 is 0 Å². The molecule has 0 amide bonds. The molecule has 0 N–H and O–H groups in total. The van der Waals surface area contributed by atoms with E-state index in [2.05, 4.69) is 141 Å². The predicted octanol–water partition coefficient (Wildman–Crippen LogP) is 12.7. The molecule has 1 aliphatic rings. The Hall–Kier alpha value is -6.58. The Morgan fingerprint density at radius 2 is 1.21 bits per heavy atom. The summed E-state index contributed by atoms with van der Waals surface area (Å²) in [5, 5.41) is 2.50. The Morgan fingerprint density at radius 3 is 1.96 bits per heavy atom. The van der Waals surface area contributed by atoms with Crippen LogP contribution in [0.1, 0.15) is 48.6 Å². The zero-order valence-electron chi connectivity index (χ0n) is 30.2. The topological polar surface area (TPSA) is 29.6 Å². The molecular formula is C50H39N3. The fourth-order valence-corrected chi connectivity index (χ4v) is 8.10. The van der Waals surface area contributed by atoms with Gasteiger partial charge in [-0.25, -0.2) is 9.98 Å². The van der Waals surface area contributed by atoms with Crippen molar-refractivity contribution < 1.29 is 0 Å². The van der Waals surface area contributed by atoms with Gasteiger partial charge in [-0.3, -0.25) is 0 Å². The molecule has 254 valence electrons. The first kappa shape index (κ1) is 32.3. The van der Waals surface area contributed by atoms with Crippen LogP contribution in [0.4, 0.5) is 0 Å². The average Bonchev–Trinajstić information content (AvgIpc) is 3.66. The van der Waals surface area contributed by atoms with E-state index < -0.39 is 0 Å². The molecule has 1 aromatic heterocycles. The summed E-state index contributed by atoms with van der Waals surface area (Å²) in [6.07, 6.45) is 0. The lowest BCUT2D eigenvalue weighted by Gasteiger charge is -2.23. The second-order valence-electron chi connectivity index (χ2n) is 14.3. The molecule has 53 heavy (non-hydrogen) atoms. The number of rotatable bonds is 6. The Bertz CT molecular complexity index is 2750. The molecule has 0 aliphatic heterocycles. The monoisotopic (exact) mass is 681 g/mol. The number of aromatic nitrogens is 1. The smallest absolute Gasteiger partial charge is 0.160 e. The third-order valence-electron chi connectivity index (χ3n) is 10.7. The first-order valence-electron chi connectivity index (χ1n) is 18.2. The maximum absolute atomic E-state index is 5.18. The number of hydrogen-bond donors (Lipinski definition) is 0. The average molecular weight is 682 g/mol. The van der Waals surface area contributed by atoms with Gasteiger partial charge in [-0.1, -0.05) is 166 Å². The van der Waals surface area contributed by atoms with E-state index in [9.17, 15) is 0 Å². The molecule has 0 atom stereocenters. The summed E-state index contributed by atoms with van der Waals surface area (Å²) in [7, 11) is 0. The lowest BCUT2D eigenvalue weighted by molar-refractivity contribution is 0.664. The van der Waals surface area contributed by atoms with E-state index >= 15 is 0 Å². The van der Waals surface area contributed by atoms with E-state index in [-0.39, 0.29) is 5.41 Å². The third-order valence-corrected chi connectivity index (χ3v) is 10.7. The molecule has 0 fully saturated rings. The number of amidine groups is 1. The second kappa shape index (κ2) is 12.9. The molecular weight excluding hydrogens is 643 g/mol. The fraction of sp³-hybridized carbons (Fsp3) is 0.0800. The SMILES string of the molecule is C=C(/N=C(\N=C(/C)c1cccc(-n2c3ccc(-c4ccccc4)cc3c3ccc4c(c32)C(C)(C)c2ccccc2-4)c1)c1ccccc1)c1ccccc1. The molecule has 1 heterocycles. The highest BCUT2D eigenvalue weighted by atomic mass is 15.0. The standard InChI is InChI=1S/C50H39N3/c1-33(35-17-8-5-9-18-35)51-49(37-21-12-7-13-22-37)52-34(2)38-23-16-24-40(31-38)53-46-30-27-39(36-19-10-6-11-20-36)32-44(46)43-29-28-42-41-25-14-15-26-45(41)50(3,4)47(42)48(43)53/h5-32H,1H2,2-4H3/b51-49-,52-34+. The summed E-state index contributed by atoms with van der Waals surface area (Å²) < 4.78 is 2.48. The van der Waals surface area contributed by atoms with E-state index in [1.807, 2.05) is 60.7 Å². The molecule has 3 heteroatoms. The highest BCUT2D eigenvalue weighted by Crippen LogP contribution is 2.53. The number of aliphatic imine (C=N–C) groups is 2. The van der Waals surface area contributed by atoms with Crippen molar-refractivity contribution in [3.05, 3.63) is 204 Å². The van der Waals surface area contributed by atoms with Crippen LogP contribution in [0.15, 0.2) is 186 Å². The zero-order chi connectivity index (χ0) is 36.1. The van der Waals surface area contributed by atoms with Gasteiger partial charge in [-0.05, 0) is 75.7 Å². The van der Waals surface area contributed by atoms with Crippen LogP contribution in [-0.2, 0) is 5.41 Å². The first-order chi connectivity index (χ1) is 25.9. The highest BCUT2D eigenvalue weighted by Gasteiger charge is 2.38. The Kier molecular flexibility index (Phi) is 7.86. The Balaban J connectivity index is 1.25. The van der Waals surface area contributed by atoms with Gasteiger partial charge >= 0.3 is 0 Å². The quantitative estimate of drug-likeness (QED) is 0.124. The lowest BCUT2D eigenvalue weighted by atomic mass is 9.81. The minimum absolute atomic E-state index is 0.184. The maximum Gasteiger partial charge on any atom is 0.160 e. The summed E-state index contributed by atoms with van der Waals surface area (Å²) in [5.41, 5.74) is 15.6. The van der Waals surface area contributed by atoms with E-state index in [1.165, 1.54) is 55.2 Å². The van der Waals surface area contributed by atoms with Gasteiger partial charge < -0.3 is 4.57 Å². The Labute approximate surface area is 311 Å². The summed E-state index contributed by atoms with van der Waals surface area (Å²) in [6, 6.07) is 60.1. The van der Waals surface area contributed by atoms with Gasteiger partial charge in [0.15, 0.2) is 5.84 Å². The van der Waals surface area contributed by atoms with E-state index in [0.717, 1.165) is 28.1 Å². The van der Waals surface area contributed by atoms with Crippen molar-refractivity contribution in [2.75, 3.05) is 0 Å². The van der Waals surface area contributed by atoms with Crippen molar-refractivity contribution in [3.63, 3.8) is 0 Å². The number of benzene rings is 7. The molecule has 0 saturated carbocycles. The lowest BCUT2D eigenvalue weighted by Crippen LogP contribution is -2.16. The van der Waals surface area contributed by atoms with Crippen molar-refractivity contribution in [1.29, 1.82) is 0 Å². The molecule has 9 rings (SSSR count). The van der Waals surface area contributed by atoms with Gasteiger partial charge in [0.1, 0.15) is 0 Å². The van der Waals surface area contributed by atoms with E-state index in [0.29, 0.717) is 11.5 Å². The Morgan fingerprint density at radius 1 is 0.547 bits per heavy atom. The van der Waals surface area contributed by atoms with Crippen LogP contribution in [0.3, 0.4) is 0 Å². The van der Waals surface area contributed by atoms with Crippen LogP contribution in [0.2, 0.25) is 0 Å². The summed E-state index contributed by atoms with van der Waals surface area (Å²) in [4.78, 5) is 10.2. The highest BCUT2D eigenvalue weighted by molar-refractivity contribution is 6.15. The molecule has 0 saturated heterocycles. The number of nitrogens with zero attached hydrogens (tertiary/aromatic N) is 3. The van der Waals surface area contributed by atoms with Gasteiger partial charge in [0.25, 0.3) is 0 Å². The summed E-state index contributed by atoms with van der Waals surface area (Å²) in [5.74, 6) is 0.630. The maximum atomic E-state index is 5.18. The van der Waals surface area contributed by atoms with Crippen molar-refractivity contribution in [1.82, 2.24) is 4.57 Å². The minimum atomic E-state index is -0.184. The molecule has 0 spiro atoms. The van der Waals surface area contributed by atoms with Crippen LogP contribution in [0, 0.1) is 0 Å². The minimum Gasteiger partial charge on any atom is -0.309 e. The molecule has 0 bridgehead atoms. The predicted molar refractivity (Wildman–Crippen MR) is 224 cm³/mol. The van der Waals surface area contributed by atoms with Crippen LogP contribution in [-0.4, -0.2) is 16.1 Å². The zero-order valence-corrected chi connectivity index (χ0v) is 30.2. The van der Waals surface area contributed by atoms with E-state index in [1.54, 1.807) is 0 Å². The molecule has 8 aromatic rings. The summed E-state index contributed by atoms with van der Waals surface area (Å²) >= 11 is 0. The van der Waals surface area contributed by atoms with Gasteiger partial charge in [-0.2, -0.15) is 0 Å². The fourth-order valence-electron chi connectivity index (χ4n) is 8.10. The van der Waals surface area contributed by atoms with Gasteiger partial charge in [0, 0.05) is 33.1 Å². The first-order valence-corrected chi connectivity index (χ1v) is 18.2. The molecule has 1 aliphatic carbocycles. The third kappa shape index (κ3) is 5.53. The number of fused-ring (bicyclic) bond motifs is 7. The van der Waals surface area contributed by atoms with Crippen molar-refractivity contribution >= 4 is 39.1 Å². The van der Waals surface area contributed by atoms with Crippen LogP contribution in [0.25, 0.3) is 55.4 Å². The van der Waals surface area contributed by atoms with Crippen LogP contribution in [0.5, 0.6) is 0 Å². The summed E-state index contributed by atoms with van der Waals surface area (Å²) in [6.45, 7) is 11.1. The van der Waals surface area contributed by atoms with Crippen molar-refractivity contribution in [2.24, 2.45) is 9.98 Å². The molecule has 0 radical (unpaired) electrons. The number of hydrogen-bond acceptors (Lipinski definition) is 1. The van der Waals surface area contributed by atoms with Gasteiger partial charge in [0.05, 0.1) is 16.7 Å². The van der Waals surface area contributed by atoms with E-state index in [4.69, 9.17) is 9.98 Å². The largest absolute Gasteiger partial charge is 0.309 e. The van der Waals surface area contributed by atoms with Gasteiger partial charge in [0.2, 0.25) is 0 Å². The van der Waals surface area contributed by atoms with Gasteiger partial charge in [-0.15, -0.1) is 0 Å². The molecule has 7 aromatic carbocycles. The molecule has 3 nitrogen and oxygen atoms in total. The second-order valence-corrected chi connectivity index (χ2v) is 14.3. The normalized spacial score (nSPS) is 13.6.